The molecule has 0 aliphatic heterocycles. The molecule has 0 aromatic carbocycles. The van der Waals surface area contributed by atoms with Gasteiger partial charge in [0.2, 0.25) is 0 Å². The first-order valence-electron chi connectivity index (χ1n) is 3.28. The Balaban J connectivity index is 2.76. The second-order valence-corrected chi connectivity index (χ2v) is 3.02. The minimum absolute atomic E-state index is 0.915. The van der Waals surface area contributed by atoms with Crippen LogP contribution in [-0.2, 0) is 0 Å². The Morgan fingerprint density at radius 2 is 2.45 bits per heavy atom. The zero-order valence-electron chi connectivity index (χ0n) is 6.07. The van der Waals surface area contributed by atoms with E-state index in [0.717, 1.165) is 16.0 Å². The van der Waals surface area contributed by atoms with E-state index in [4.69, 9.17) is 4.74 Å². The molecule has 56 valence electrons. The van der Waals surface area contributed by atoms with Gasteiger partial charge in [0.1, 0.15) is 10.6 Å². The molecule has 0 saturated carbocycles. The SMILES string of the molecule is COc1csc2ncccc12. The summed E-state index contributed by atoms with van der Waals surface area (Å²) in [5, 5.41) is 3.07. The second-order valence-electron chi connectivity index (χ2n) is 2.16. The number of ether oxygens (including phenoxy) is 1. The highest BCUT2D eigenvalue weighted by atomic mass is 32.1. The standard InChI is InChI=1S/C8H7NOS/c1-10-7-5-11-8-6(7)3-2-4-9-8/h2-5H,1H3. The van der Waals surface area contributed by atoms with Gasteiger partial charge in [-0.15, -0.1) is 11.3 Å². The normalized spacial score (nSPS) is 10.3. The minimum atomic E-state index is 0.915. The number of nitrogens with zero attached hydrogens (tertiary/aromatic N) is 1. The van der Waals surface area contributed by atoms with Gasteiger partial charge >= 0.3 is 0 Å². The number of fused-ring (bicyclic) bond motifs is 1. The monoisotopic (exact) mass is 165 g/mol. The first-order chi connectivity index (χ1) is 5.42. The van der Waals surface area contributed by atoms with Crippen LogP contribution in [0.4, 0.5) is 0 Å². The van der Waals surface area contributed by atoms with Crippen molar-refractivity contribution in [2.45, 2.75) is 0 Å². The number of aromatic nitrogens is 1. The number of hydrogen-bond acceptors (Lipinski definition) is 3. The van der Waals surface area contributed by atoms with Crippen molar-refractivity contribution in [2.75, 3.05) is 7.11 Å². The van der Waals surface area contributed by atoms with Crippen molar-refractivity contribution < 1.29 is 4.74 Å². The summed E-state index contributed by atoms with van der Waals surface area (Å²) in [4.78, 5) is 5.22. The molecule has 0 N–H and O–H groups in total. The Morgan fingerprint density at radius 1 is 1.55 bits per heavy atom. The van der Waals surface area contributed by atoms with Crippen molar-refractivity contribution in [3.05, 3.63) is 23.7 Å². The van der Waals surface area contributed by atoms with E-state index in [9.17, 15) is 0 Å². The smallest absolute Gasteiger partial charge is 0.139 e. The van der Waals surface area contributed by atoms with Crippen molar-refractivity contribution in [1.82, 2.24) is 4.98 Å². The lowest BCUT2D eigenvalue weighted by molar-refractivity contribution is 0.421. The van der Waals surface area contributed by atoms with Gasteiger partial charge in [-0.1, -0.05) is 0 Å². The molecule has 0 saturated heterocycles. The van der Waals surface area contributed by atoms with Crippen molar-refractivity contribution in [1.29, 1.82) is 0 Å². The van der Waals surface area contributed by atoms with Gasteiger partial charge in [-0.05, 0) is 12.1 Å². The molecular formula is C8H7NOS. The maximum absolute atomic E-state index is 5.14. The summed E-state index contributed by atoms with van der Waals surface area (Å²) >= 11 is 1.60. The lowest BCUT2D eigenvalue weighted by Crippen LogP contribution is -1.78. The van der Waals surface area contributed by atoms with E-state index in [0.29, 0.717) is 0 Å². The third kappa shape index (κ3) is 0.973. The fourth-order valence-electron chi connectivity index (χ4n) is 1.00. The third-order valence-electron chi connectivity index (χ3n) is 1.53. The van der Waals surface area contributed by atoms with Crippen LogP contribution in [0.2, 0.25) is 0 Å². The van der Waals surface area contributed by atoms with Crippen molar-refractivity contribution in [2.24, 2.45) is 0 Å². The van der Waals surface area contributed by atoms with Gasteiger partial charge in [-0.25, -0.2) is 4.98 Å². The molecule has 0 amide bonds. The molecule has 0 aliphatic carbocycles. The van der Waals surface area contributed by atoms with Crippen molar-refractivity contribution >= 4 is 21.6 Å². The fraction of sp³-hybridized carbons (Fsp3) is 0.125. The number of thiophene rings is 1. The van der Waals surface area contributed by atoms with Crippen LogP contribution in [0.5, 0.6) is 5.75 Å². The van der Waals surface area contributed by atoms with Gasteiger partial charge in [0.05, 0.1) is 12.5 Å². The molecule has 0 atom stereocenters. The first kappa shape index (κ1) is 6.61. The van der Waals surface area contributed by atoms with Gasteiger partial charge in [0.15, 0.2) is 0 Å². The summed E-state index contributed by atoms with van der Waals surface area (Å²) in [7, 11) is 1.68. The topological polar surface area (TPSA) is 22.1 Å². The zero-order chi connectivity index (χ0) is 7.68. The predicted molar refractivity (Wildman–Crippen MR) is 46.2 cm³/mol. The molecule has 2 nitrogen and oxygen atoms in total. The molecule has 0 spiro atoms. The summed E-state index contributed by atoms with van der Waals surface area (Å²) in [6.45, 7) is 0. The Morgan fingerprint density at radius 3 is 3.27 bits per heavy atom. The minimum Gasteiger partial charge on any atom is -0.495 e. The number of hydrogen-bond donors (Lipinski definition) is 0. The van der Waals surface area contributed by atoms with Crippen molar-refractivity contribution in [3.63, 3.8) is 0 Å². The van der Waals surface area contributed by atoms with Gasteiger partial charge < -0.3 is 4.74 Å². The van der Waals surface area contributed by atoms with Crippen LogP contribution in [0, 0.1) is 0 Å². The molecule has 0 radical (unpaired) electrons. The molecule has 3 heteroatoms. The molecule has 0 unspecified atom stereocenters. The third-order valence-corrected chi connectivity index (χ3v) is 2.41. The van der Waals surface area contributed by atoms with Crippen LogP contribution in [0.3, 0.4) is 0 Å². The average molecular weight is 165 g/mol. The van der Waals surface area contributed by atoms with E-state index >= 15 is 0 Å². The Kier molecular flexibility index (Phi) is 1.51. The molecule has 2 aromatic heterocycles. The van der Waals surface area contributed by atoms with Crippen LogP contribution in [0.1, 0.15) is 0 Å². The Hall–Kier alpha value is -1.09. The van der Waals surface area contributed by atoms with Gasteiger partial charge in [0.25, 0.3) is 0 Å². The molecule has 11 heavy (non-hydrogen) atoms. The van der Waals surface area contributed by atoms with Crippen LogP contribution < -0.4 is 4.74 Å². The predicted octanol–water partition coefficient (Wildman–Crippen LogP) is 2.30. The maximum Gasteiger partial charge on any atom is 0.139 e. The van der Waals surface area contributed by atoms with Crippen molar-refractivity contribution in [3.8, 4) is 5.75 Å². The molecule has 2 rings (SSSR count). The lowest BCUT2D eigenvalue weighted by atomic mass is 10.3. The number of methoxy groups -OCH3 is 1. The summed E-state index contributed by atoms with van der Waals surface area (Å²) in [5.41, 5.74) is 0. The molecule has 0 fully saturated rings. The lowest BCUT2D eigenvalue weighted by Gasteiger charge is -1.93. The summed E-state index contributed by atoms with van der Waals surface area (Å²) < 4.78 is 5.14. The van der Waals surface area contributed by atoms with Gasteiger partial charge in [0, 0.05) is 11.6 Å². The number of rotatable bonds is 1. The van der Waals surface area contributed by atoms with Gasteiger partial charge in [-0.2, -0.15) is 0 Å². The van der Waals surface area contributed by atoms with Crippen LogP contribution in [-0.4, -0.2) is 12.1 Å². The zero-order valence-corrected chi connectivity index (χ0v) is 6.89. The summed E-state index contributed by atoms with van der Waals surface area (Å²) in [6, 6.07) is 3.93. The Labute approximate surface area is 68.5 Å². The van der Waals surface area contributed by atoms with E-state index in [2.05, 4.69) is 4.98 Å². The molecule has 2 heterocycles. The maximum atomic E-state index is 5.14. The molecule has 0 bridgehead atoms. The first-order valence-corrected chi connectivity index (χ1v) is 4.16. The molecule has 0 aliphatic rings. The summed E-state index contributed by atoms with van der Waals surface area (Å²) in [6.07, 6.45) is 1.79. The van der Waals surface area contributed by atoms with E-state index in [1.807, 2.05) is 17.5 Å². The van der Waals surface area contributed by atoms with Crippen LogP contribution in [0.25, 0.3) is 10.2 Å². The highest BCUT2D eigenvalue weighted by Crippen LogP contribution is 2.29. The van der Waals surface area contributed by atoms with Gasteiger partial charge in [-0.3, -0.25) is 0 Å². The van der Waals surface area contributed by atoms with E-state index in [1.54, 1.807) is 24.6 Å². The fourth-order valence-corrected chi connectivity index (χ4v) is 1.86. The van der Waals surface area contributed by atoms with E-state index < -0.39 is 0 Å². The van der Waals surface area contributed by atoms with Crippen LogP contribution >= 0.6 is 11.3 Å². The summed E-state index contributed by atoms with van der Waals surface area (Å²) in [5.74, 6) is 0.915. The second kappa shape index (κ2) is 2.51. The largest absolute Gasteiger partial charge is 0.495 e. The average Bonchev–Trinajstić information content (AvgIpc) is 2.47. The molecule has 2 aromatic rings. The van der Waals surface area contributed by atoms with Crippen LogP contribution in [0.15, 0.2) is 23.7 Å². The number of pyridine rings is 1. The highest BCUT2D eigenvalue weighted by Gasteiger charge is 2.01. The Bertz CT molecular complexity index is 369. The molecular weight excluding hydrogens is 158 g/mol. The van der Waals surface area contributed by atoms with E-state index in [1.165, 1.54) is 0 Å². The van der Waals surface area contributed by atoms with E-state index in [-0.39, 0.29) is 0 Å². The quantitative estimate of drug-likeness (QED) is 0.646. The highest BCUT2D eigenvalue weighted by molar-refractivity contribution is 7.17.